The van der Waals surface area contributed by atoms with Crippen molar-refractivity contribution >= 4 is 5.78 Å². The van der Waals surface area contributed by atoms with Crippen LogP contribution in [0.5, 0.6) is 11.5 Å². The molecule has 2 aromatic carbocycles. The smallest absolute Gasteiger partial charge is 0.182 e. The lowest BCUT2D eigenvalue weighted by atomic mass is 9.89. The molecule has 1 saturated heterocycles. The molecule has 0 atom stereocenters. The number of para-hydroxylation sites is 1. The number of ether oxygens (including phenoxy) is 1. The van der Waals surface area contributed by atoms with E-state index < -0.39 is 5.54 Å². The average molecular weight is 323 g/mol. The van der Waals surface area contributed by atoms with Crippen LogP contribution in [0.25, 0.3) is 0 Å². The van der Waals surface area contributed by atoms with Gasteiger partial charge in [0, 0.05) is 5.56 Å². The summed E-state index contributed by atoms with van der Waals surface area (Å²) in [6.07, 6.45) is 3.63. The van der Waals surface area contributed by atoms with Crippen molar-refractivity contribution in [3.8, 4) is 11.5 Å². The molecular weight excluding hydrogens is 298 g/mol. The predicted molar refractivity (Wildman–Crippen MR) is 96.8 cm³/mol. The lowest BCUT2D eigenvalue weighted by molar-refractivity contribution is 0.0579. The minimum atomic E-state index is -0.456. The van der Waals surface area contributed by atoms with Gasteiger partial charge in [-0.05, 0) is 76.2 Å². The molecule has 0 radical (unpaired) electrons. The molecule has 3 rings (SSSR count). The van der Waals surface area contributed by atoms with Gasteiger partial charge in [-0.15, -0.1) is 0 Å². The first kappa shape index (κ1) is 16.7. The van der Waals surface area contributed by atoms with Crippen LogP contribution in [0.4, 0.5) is 0 Å². The van der Waals surface area contributed by atoms with E-state index in [1.165, 1.54) is 19.3 Å². The van der Waals surface area contributed by atoms with E-state index in [-0.39, 0.29) is 5.78 Å². The van der Waals surface area contributed by atoms with E-state index in [2.05, 4.69) is 4.90 Å². The third-order valence-electron chi connectivity index (χ3n) is 4.80. The van der Waals surface area contributed by atoms with E-state index in [4.69, 9.17) is 4.74 Å². The first-order valence-corrected chi connectivity index (χ1v) is 8.70. The van der Waals surface area contributed by atoms with E-state index in [0.717, 1.165) is 30.2 Å². The maximum atomic E-state index is 13.0. The molecule has 0 saturated carbocycles. The summed E-state index contributed by atoms with van der Waals surface area (Å²) in [5.74, 6) is 1.72. The van der Waals surface area contributed by atoms with E-state index in [1.54, 1.807) is 0 Å². The summed E-state index contributed by atoms with van der Waals surface area (Å²) in [6, 6.07) is 17.1. The van der Waals surface area contributed by atoms with Crippen LogP contribution in [0, 0.1) is 0 Å². The van der Waals surface area contributed by atoms with Crippen molar-refractivity contribution in [2.75, 3.05) is 13.1 Å². The quantitative estimate of drug-likeness (QED) is 0.731. The van der Waals surface area contributed by atoms with E-state index >= 15 is 0 Å². The molecule has 2 aromatic rings. The molecule has 126 valence electrons. The van der Waals surface area contributed by atoms with Gasteiger partial charge >= 0.3 is 0 Å². The topological polar surface area (TPSA) is 29.5 Å². The Bertz CT molecular complexity index is 671. The SMILES string of the molecule is CC(C)(C(=O)c1ccc(Oc2ccccc2)cc1)N1CCCCC1. The number of rotatable bonds is 5. The van der Waals surface area contributed by atoms with Gasteiger partial charge in [0.2, 0.25) is 0 Å². The second-order valence-electron chi connectivity index (χ2n) is 6.88. The fraction of sp³-hybridized carbons (Fsp3) is 0.381. The Morgan fingerprint density at radius 1 is 0.875 bits per heavy atom. The molecule has 3 nitrogen and oxygen atoms in total. The van der Waals surface area contributed by atoms with Crippen molar-refractivity contribution in [1.29, 1.82) is 0 Å². The third kappa shape index (κ3) is 3.68. The highest BCUT2D eigenvalue weighted by molar-refractivity contribution is 6.02. The average Bonchev–Trinajstić information content (AvgIpc) is 2.63. The lowest BCUT2D eigenvalue weighted by Gasteiger charge is -2.39. The Balaban J connectivity index is 1.71. The molecule has 1 aliphatic rings. The van der Waals surface area contributed by atoms with Crippen molar-refractivity contribution in [2.45, 2.75) is 38.6 Å². The van der Waals surface area contributed by atoms with Crippen LogP contribution in [0.1, 0.15) is 43.5 Å². The predicted octanol–water partition coefficient (Wildman–Crippen LogP) is 4.93. The molecule has 0 amide bonds. The zero-order valence-corrected chi connectivity index (χ0v) is 14.5. The Kier molecular flexibility index (Phi) is 5.00. The Morgan fingerprint density at radius 3 is 2.08 bits per heavy atom. The van der Waals surface area contributed by atoms with Crippen molar-refractivity contribution in [3.63, 3.8) is 0 Å². The summed E-state index contributed by atoms with van der Waals surface area (Å²) in [6.45, 7) is 6.09. The highest BCUT2D eigenvalue weighted by Crippen LogP contribution is 2.26. The van der Waals surface area contributed by atoms with Gasteiger partial charge in [0.1, 0.15) is 11.5 Å². The van der Waals surface area contributed by atoms with E-state index in [9.17, 15) is 4.79 Å². The molecule has 0 bridgehead atoms. The first-order chi connectivity index (χ1) is 11.6. The summed E-state index contributed by atoms with van der Waals surface area (Å²) >= 11 is 0. The van der Waals surface area contributed by atoms with Gasteiger partial charge in [0.25, 0.3) is 0 Å². The summed E-state index contributed by atoms with van der Waals surface area (Å²) in [5.41, 5.74) is 0.286. The zero-order valence-electron chi connectivity index (χ0n) is 14.5. The van der Waals surface area contributed by atoms with Gasteiger partial charge in [-0.2, -0.15) is 0 Å². The molecule has 0 aromatic heterocycles. The van der Waals surface area contributed by atoms with Gasteiger partial charge in [-0.3, -0.25) is 9.69 Å². The fourth-order valence-corrected chi connectivity index (χ4v) is 3.25. The second kappa shape index (κ2) is 7.18. The van der Waals surface area contributed by atoms with E-state index in [0.29, 0.717) is 0 Å². The number of ketones is 1. The monoisotopic (exact) mass is 323 g/mol. The van der Waals surface area contributed by atoms with Crippen LogP contribution in [0.15, 0.2) is 54.6 Å². The van der Waals surface area contributed by atoms with Gasteiger partial charge in [-0.1, -0.05) is 24.6 Å². The van der Waals surface area contributed by atoms with Crippen LogP contribution >= 0.6 is 0 Å². The number of hydrogen-bond acceptors (Lipinski definition) is 3. The number of benzene rings is 2. The highest BCUT2D eigenvalue weighted by atomic mass is 16.5. The highest BCUT2D eigenvalue weighted by Gasteiger charge is 2.35. The van der Waals surface area contributed by atoms with Crippen molar-refractivity contribution < 1.29 is 9.53 Å². The van der Waals surface area contributed by atoms with Crippen LogP contribution in [-0.2, 0) is 0 Å². The van der Waals surface area contributed by atoms with Crippen molar-refractivity contribution in [3.05, 3.63) is 60.2 Å². The molecule has 0 unspecified atom stereocenters. The zero-order chi connectivity index (χ0) is 17.0. The summed E-state index contributed by atoms with van der Waals surface area (Å²) < 4.78 is 5.79. The number of carbonyl (C=O) groups excluding carboxylic acids is 1. The Morgan fingerprint density at radius 2 is 1.46 bits per heavy atom. The minimum Gasteiger partial charge on any atom is -0.457 e. The normalized spacial score (nSPS) is 15.9. The third-order valence-corrected chi connectivity index (χ3v) is 4.80. The van der Waals surface area contributed by atoms with Gasteiger partial charge in [-0.25, -0.2) is 0 Å². The van der Waals surface area contributed by atoms with Crippen LogP contribution < -0.4 is 4.74 Å². The number of hydrogen-bond donors (Lipinski definition) is 0. The maximum absolute atomic E-state index is 13.0. The molecule has 3 heteroatoms. The standard InChI is InChI=1S/C21H25NO2/c1-21(2,22-15-7-4-8-16-22)20(23)17-11-13-19(14-12-17)24-18-9-5-3-6-10-18/h3,5-6,9-14H,4,7-8,15-16H2,1-2H3. The van der Waals surface area contributed by atoms with Gasteiger partial charge < -0.3 is 4.74 Å². The lowest BCUT2D eigenvalue weighted by Crippen LogP contribution is -2.52. The Hall–Kier alpha value is -2.13. The fourth-order valence-electron chi connectivity index (χ4n) is 3.25. The van der Waals surface area contributed by atoms with Crippen molar-refractivity contribution in [2.24, 2.45) is 0 Å². The number of nitrogens with zero attached hydrogens (tertiary/aromatic N) is 1. The minimum absolute atomic E-state index is 0.177. The summed E-state index contributed by atoms with van der Waals surface area (Å²) in [7, 11) is 0. The van der Waals surface area contributed by atoms with Crippen LogP contribution in [0.3, 0.4) is 0 Å². The molecular formula is C21H25NO2. The Labute approximate surface area is 144 Å². The van der Waals surface area contributed by atoms with Crippen LogP contribution in [-0.4, -0.2) is 29.3 Å². The van der Waals surface area contributed by atoms with Crippen LogP contribution in [0.2, 0.25) is 0 Å². The molecule has 1 fully saturated rings. The second-order valence-corrected chi connectivity index (χ2v) is 6.88. The van der Waals surface area contributed by atoms with Gasteiger partial charge in [0.15, 0.2) is 5.78 Å². The molecule has 1 heterocycles. The summed E-state index contributed by atoms with van der Waals surface area (Å²) in [5, 5.41) is 0. The summed E-state index contributed by atoms with van der Waals surface area (Å²) in [4.78, 5) is 15.3. The van der Waals surface area contributed by atoms with E-state index in [1.807, 2.05) is 68.4 Å². The number of Topliss-reactive ketones (excluding diaryl/α,β-unsaturated/α-hetero) is 1. The number of likely N-dealkylation sites (tertiary alicyclic amines) is 1. The largest absolute Gasteiger partial charge is 0.457 e. The molecule has 0 spiro atoms. The first-order valence-electron chi connectivity index (χ1n) is 8.70. The van der Waals surface area contributed by atoms with Crippen molar-refractivity contribution in [1.82, 2.24) is 4.90 Å². The molecule has 1 aliphatic heterocycles. The molecule has 0 N–H and O–H groups in total. The van der Waals surface area contributed by atoms with Gasteiger partial charge in [0.05, 0.1) is 5.54 Å². The maximum Gasteiger partial charge on any atom is 0.182 e. The molecule has 24 heavy (non-hydrogen) atoms. The molecule has 0 aliphatic carbocycles. The number of carbonyl (C=O) groups is 1. The number of piperidine rings is 1.